The molecule has 0 heterocycles. The summed E-state index contributed by atoms with van der Waals surface area (Å²) in [5.41, 5.74) is 0.397. The molecule has 0 radical (unpaired) electrons. The van der Waals surface area contributed by atoms with Crippen LogP contribution < -0.4 is 9.47 Å². The van der Waals surface area contributed by atoms with Crippen LogP contribution in [-0.2, 0) is 0 Å². The average molecular weight is 316 g/mol. The van der Waals surface area contributed by atoms with Gasteiger partial charge in [0.2, 0.25) is 0 Å². The molecule has 6 nitrogen and oxygen atoms in total. The number of allylic oxidation sites excluding steroid dienone is 1. The fraction of sp³-hybridized carbons (Fsp3) is 0.118. The summed E-state index contributed by atoms with van der Waals surface area (Å²) in [6.07, 6.45) is 2.71. The quantitative estimate of drug-likeness (QED) is 0.580. The number of hydrogen-bond donors (Lipinski definition) is 3. The van der Waals surface area contributed by atoms with E-state index >= 15 is 0 Å². The molecular weight excluding hydrogens is 300 g/mol. The molecule has 0 saturated carbocycles. The first-order chi connectivity index (χ1) is 11.0. The van der Waals surface area contributed by atoms with E-state index in [2.05, 4.69) is 0 Å². The molecule has 0 amide bonds. The van der Waals surface area contributed by atoms with Crippen LogP contribution in [0.1, 0.15) is 15.9 Å². The molecule has 0 aliphatic heterocycles. The number of carbonyl (C=O) groups excluding carboxylic acids is 1. The number of phenols is 3. The molecule has 0 spiro atoms. The Hall–Kier alpha value is -3.15. The fourth-order valence-electron chi connectivity index (χ4n) is 2.06. The minimum absolute atomic E-state index is 0.278. The Kier molecular flexibility index (Phi) is 4.75. The highest BCUT2D eigenvalue weighted by Crippen LogP contribution is 2.33. The molecule has 120 valence electrons. The average Bonchev–Trinajstić information content (AvgIpc) is 2.51. The standard InChI is InChI=1S/C17H16O6/c1-22-15-6-4-10(7-16(15)23-2)3-5-12(19)17-13(20)8-11(18)9-14(17)21/h3-9,18,20-21H,1-2H3. The van der Waals surface area contributed by atoms with Crippen LogP contribution in [0.3, 0.4) is 0 Å². The Bertz CT molecular complexity index is 741. The third-order valence-electron chi connectivity index (χ3n) is 3.16. The van der Waals surface area contributed by atoms with E-state index in [4.69, 9.17) is 9.47 Å². The molecular formula is C17H16O6. The van der Waals surface area contributed by atoms with E-state index in [1.54, 1.807) is 18.2 Å². The Labute approximate surface area is 132 Å². The van der Waals surface area contributed by atoms with Crippen LogP contribution in [0, 0.1) is 0 Å². The predicted octanol–water partition coefficient (Wildman–Crippen LogP) is 2.72. The van der Waals surface area contributed by atoms with Crippen molar-refractivity contribution >= 4 is 11.9 Å². The maximum atomic E-state index is 12.1. The van der Waals surface area contributed by atoms with Gasteiger partial charge in [-0.15, -0.1) is 0 Å². The highest BCUT2D eigenvalue weighted by molar-refractivity contribution is 6.10. The van der Waals surface area contributed by atoms with Crippen LogP contribution in [0.25, 0.3) is 6.08 Å². The van der Waals surface area contributed by atoms with Crippen molar-refractivity contribution in [3.63, 3.8) is 0 Å². The second-order valence-corrected chi connectivity index (χ2v) is 4.67. The van der Waals surface area contributed by atoms with Crippen molar-refractivity contribution < 1.29 is 29.6 Å². The van der Waals surface area contributed by atoms with Gasteiger partial charge < -0.3 is 24.8 Å². The van der Waals surface area contributed by atoms with Crippen molar-refractivity contribution in [1.82, 2.24) is 0 Å². The molecule has 0 saturated heterocycles. The summed E-state index contributed by atoms with van der Waals surface area (Å²) in [4.78, 5) is 12.1. The summed E-state index contributed by atoms with van der Waals surface area (Å²) >= 11 is 0. The zero-order chi connectivity index (χ0) is 17.0. The van der Waals surface area contributed by atoms with Gasteiger partial charge in [-0.25, -0.2) is 0 Å². The smallest absolute Gasteiger partial charge is 0.193 e. The number of benzene rings is 2. The monoisotopic (exact) mass is 316 g/mol. The zero-order valence-electron chi connectivity index (χ0n) is 12.6. The van der Waals surface area contributed by atoms with Gasteiger partial charge in [0, 0.05) is 12.1 Å². The zero-order valence-corrected chi connectivity index (χ0v) is 12.6. The number of ketones is 1. The SMILES string of the molecule is COc1ccc(C=CC(=O)c2c(O)cc(O)cc2O)cc1OC. The Morgan fingerprint density at radius 1 is 0.957 bits per heavy atom. The first kappa shape index (κ1) is 16.2. The highest BCUT2D eigenvalue weighted by atomic mass is 16.5. The number of rotatable bonds is 5. The summed E-state index contributed by atoms with van der Waals surface area (Å²) in [6, 6.07) is 7.06. The molecule has 0 aromatic heterocycles. The minimum Gasteiger partial charge on any atom is -0.508 e. The van der Waals surface area contributed by atoms with Gasteiger partial charge >= 0.3 is 0 Å². The largest absolute Gasteiger partial charge is 0.508 e. The molecule has 2 aromatic rings. The molecule has 2 aromatic carbocycles. The van der Waals surface area contributed by atoms with Crippen LogP contribution in [0.2, 0.25) is 0 Å². The van der Waals surface area contributed by atoms with Gasteiger partial charge in [-0.2, -0.15) is 0 Å². The van der Waals surface area contributed by atoms with Crippen molar-refractivity contribution in [2.45, 2.75) is 0 Å². The third kappa shape index (κ3) is 3.55. The highest BCUT2D eigenvalue weighted by Gasteiger charge is 2.15. The van der Waals surface area contributed by atoms with Gasteiger partial charge in [-0.05, 0) is 23.8 Å². The molecule has 23 heavy (non-hydrogen) atoms. The molecule has 6 heteroatoms. The van der Waals surface area contributed by atoms with Crippen molar-refractivity contribution in [2.75, 3.05) is 14.2 Å². The minimum atomic E-state index is -0.602. The van der Waals surface area contributed by atoms with Gasteiger partial charge in [0.25, 0.3) is 0 Å². The number of carbonyl (C=O) groups is 1. The normalized spacial score (nSPS) is 10.7. The maximum absolute atomic E-state index is 12.1. The van der Waals surface area contributed by atoms with E-state index in [9.17, 15) is 20.1 Å². The summed E-state index contributed by atoms with van der Waals surface area (Å²) in [6.45, 7) is 0. The van der Waals surface area contributed by atoms with E-state index in [-0.39, 0.29) is 11.3 Å². The molecule has 3 N–H and O–H groups in total. The summed E-state index contributed by atoms with van der Waals surface area (Å²) in [5, 5.41) is 28.6. The van der Waals surface area contributed by atoms with Crippen LogP contribution in [0.4, 0.5) is 0 Å². The van der Waals surface area contributed by atoms with Gasteiger partial charge in [0.05, 0.1) is 14.2 Å². The lowest BCUT2D eigenvalue weighted by Crippen LogP contribution is -1.96. The second-order valence-electron chi connectivity index (χ2n) is 4.67. The molecule has 2 rings (SSSR count). The Balaban J connectivity index is 2.29. The first-order valence-corrected chi connectivity index (χ1v) is 6.65. The van der Waals surface area contributed by atoms with Crippen molar-refractivity contribution in [1.29, 1.82) is 0 Å². The summed E-state index contributed by atoms with van der Waals surface area (Å²) < 4.78 is 10.3. The summed E-state index contributed by atoms with van der Waals surface area (Å²) in [5.74, 6) is -0.855. The lowest BCUT2D eigenvalue weighted by Gasteiger charge is -2.07. The summed E-state index contributed by atoms with van der Waals surface area (Å²) in [7, 11) is 3.02. The Morgan fingerprint density at radius 2 is 1.57 bits per heavy atom. The van der Waals surface area contributed by atoms with E-state index in [1.165, 1.54) is 26.4 Å². The van der Waals surface area contributed by atoms with Crippen molar-refractivity contribution in [3.8, 4) is 28.7 Å². The number of aromatic hydroxyl groups is 3. The fourth-order valence-corrected chi connectivity index (χ4v) is 2.06. The Morgan fingerprint density at radius 3 is 2.13 bits per heavy atom. The van der Waals surface area contributed by atoms with Gasteiger partial charge in [0.15, 0.2) is 17.3 Å². The van der Waals surface area contributed by atoms with Crippen LogP contribution in [-0.4, -0.2) is 35.3 Å². The molecule has 0 unspecified atom stereocenters. The van der Waals surface area contributed by atoms with Crippen LogP contribution in [0.5, 0.6) is 28.7 Å². The van der Waals surface area contributed by atoms with Crippen molar-refractivity contribution in [2.24, 2.45) is 0 Å². The third-order valence-corrected chi connectivity index (χ3v) is 3.16. The second kappa shape index (κ2) is 6.74. The molecule has 0 fully saturated rings. The molecule has 0 aliphatic rings. The maximum Gasteiger partial charge on any atom is 0.193 e. The molecule has 0 aliphatic carbocycles. The van der Waals surface area contributed by atoms with Gasteiger partial charge in [0.1, 0.15) is 22.8 Å². The van der Waals surface area contributed by atoms with Crippen LogP contribution >= 0.6 is 0 Å². The first-order valence-electron chi connectivity index (χ1n) is 6.65. The lowest BCUT2D eigenvalue weighted by atomic mass is 10.1. The van der Waals surface area contributed by atoms with E-state index < -0.39 is 17.3 Å². The molecule has 0 atom stereocenters. The molecule has 0 bridgehead atoms. The predicted molar refractivity (Wildman–Crippen MR) is 84.3 cm³/mol. The van der Waals surface area contributed by atoms with Crippen molar-refractivity contribution in [3.05, 3.63) is 47.5 Å². The van der Waals surface area contributed by atoms with Gasteiger partial charge in [-0.3, -0.25) is 4.79 Å². The number of hydrogen-bond acceptors (Lipinski definition) is 6. The lowest BCUT2D eigenvalue weighted by molar-refractivity contribution is 0.104. The number of methoxy groups -OCH3 is 2. The van der Waals surface area contributed by atoms with E-state index in [0.717, 1.165) is 12.1 Å². The van der Waals surface area contributed by atoms with Crippen LogP contribution in [0.15, 0.2) is 36.4 Å². The van der Waals surface area contributed by atoms with Gasteiger partial charge in [-0.1, -0.05) is 12.1 Å². The topological polar surface area (TPSA) is 96.2 Å². The number of ether oxygens (including phenoxy) is 2. The number of phenolic OH excluding ortho intramolecular Hbond substituents is 3. The van der Waals surface area contributed by atoms with E-state index in [1.807, 2.05) is 0 Å². The van der Waals surface area contributed by atoms with E-state index in [0.29, 0.717) is 17.1 Å².